The van der Waals surface area contributed by atoms with Gasteiger partial charge in [-0.15, -0.1) is 0 Å². The number of amides is 1. The van der Waals surface area contributed by atoms with Crippen molar-refractivity contribution in [1.82, 2.24) is 5.32 Å². The lowest BCUT2D eigenvalue weighted by atomic mass is 10.0. The van der Waals surface area contributed by atoms with Gasteiger partial charge >= 0.3 is 0 Å². The Morgan fingerprint density at radius 2 is 1.90 bits per heavy atom. The highest BCUT2D eigenvalue weighted by Gasteiger charge is 2.16. The van der Waals surface area contributed by atoms with Crippen LogP contribution in [0, 0.1) is 0 Å². The van der Waals surface area contributed by atoms with E-state index in [1.54, 1.807) is 31.2 Å². The van der Waals surface area contributed by atoms with Crippen LogP contribution in [0.3, 0.4) is 0 Å². The van der Waals surface area contributed by atoms with Crippen molar-refractivity contribution in [3.63, 3.8) is 0 Å². The van der Waals surface area contributed by atoms with Gasteiger partial charge in [-0.2, -0.15) is 0 Å². The molecule has 0 aromatic heterocycles. The van der Waals surface area contributed by atoms with E-state index < -0.39 is 10.0 Å². The van der Waals surface area contributed by atoms with Crippen molar-refractivity contribution in [2.75, 3.05) is 29.4 Å². The number of carbonyl (C=O) groups excluding carboxylic acids is 1. The number of hydrogen-bond acceptors (Lipinski definition) is 4. The van der Waals surface area contributed by atoms with Gasteiger partial charge in [0.05, 0.1) is 11.9 Å². The fourth-order valence-electron chi connectivity index (χ4n) is 1.78. The third-order valence-corrected chi connectivity index (χ3v) is 3.58. The molecule has 0 radical (unpaired) electrons. The minimum absolute atomic E-state index is 0.169. The van der Waals surface area contributed by atoms with Gasteiger partial charge in [-0.3, -0.25) is 9.52 Å². The van der Waals surface area contributed by atoms with Crippen LogP contribution in [0.5, 0.6) is 0 Å². The zero-order valence-corrected chi connectivity index (χ0v) is 12.2. The fourth-order valence-corrected chi connectivity index (χ4v) is 2.33. The monoisotopic (exact) mass is 295 g/mol. The predicted molar refractivity (Wildman–Crippen MR) is 79.1 cm³/mol. The molecule has 0 aliphatic carbocycles. The van der Waals surface area contributed by atoms with Crippen LogP contribution in [-0.2, 0) is 14.8 Å². The minimum atomic E-state index is -3.33. The van der Waals surface area contributed by atoms with Crippen LogP contribution < -0.4 is 15.4 Å². The lowest BCUT2D eigenvalue weighted by molar-refractivity contribution is -0.112. The van der Waals surface area contributed by atoms with E-state index in [4.69, 9.17) is 0 Å². The summed E-state index contributed by atoms with van der Waals surface area (Å²) in [6.07, 6.45) is 1.08. The third kappa shape index (κ3) is 3.82. The second-order valence-corrected chi connectivity index (χ2v) is 6.49. The molecule has 0 saturated carbocycles. The van der Waals surface area contributed by atoms with Gasteiger partial charge in [-0.25, -0.2) is 8.42 Å². The normalized spacial score (nSPS) is 14.4. The maximum Gasteiger partial charge on any atom is 0.251 e. The molecule has 0 unspecified atom stereocenters. The predicted octanol–water partition coefficient (Wildman–Crippen LogP) is 0.916. The summed E-state index contributed by atoms with van der Waals surface area (Å²) in [5, 5.41) is 5.84. The van der Waals surface area contributed by atoms with E-state index in [0.29, 0.717) is 16.9 Å². The van der Waals surface area contributed by atoms with Crippen LogP contribution in [-0.4, -0.2) is 33.7 Å². The van der Waals surface area contributed by atoms with Crippen LogP contribution in [0.15, 0.2) is 35.4 Å². The number of benzene rings is 1. The van der Waals surface area contributed by atoms with Crippen molar-refractivity contribution in [3.05, 3.63) is 35.4 Å². The number of carbonyl (C=O) groups is 1. The third-order valence-electron chi connectivity index (χ3n) is 2.97. The highest BCUT2D eigenvalue weighted by atomic mass is 32.2. The zero-order valence-electron chi connectivity index (χ0n) is 11.4. The van der Waals surface area contributed by atoms with E-state index in [9.17, 15) is 13.2 Å². The van der Waals surface area contributed by atoms with Gasteiger partial charge in [-0.1, -0.05) is 6.07 Å². The summed E-state index contributed by atoms with van der Waals surface area (Å²) in [6.45, 7) is 3.27. The van der Waals surface area contributed by atoms with E-state index in [2.05, 4.69) is 15.4 Å². The van der Waals surface area contributed by atoms with Crippen LogP contribution in [0.1, 0.15) is 6.92 Å². The van der Waals surface area contributed by atoms with Gasteiger partial charge in [-0.05, 0) is 30.7 Å². The van der Waals surface area contributed by atoms with E-state index >= 15 is 0 Å². The molecular formula is C13H17N3O3S. The molecule has 1 aromatic rings. The summed E-state index contributed by atoms with van der Waals surface area (Å²) in [6, 6.07) is 6.59. The molecule has 1 saturated heterocycles. The molecule has 1 fully saturated rings. The van der Waals surface area contributed by atoms with Gasteiger partial charge in [0, 0.05) is 24.4 Å². The minimum Gasteiger partial charge on any atom is -0.322 e. The van der Waals surface area contributed by atoms with Gasteiger partial charge in [0.15, 0.2) is 0 Å². The highest BCUT2D eigenvalue weighted by Crippen LogP contribution is 2.18. The molecule has 7 heteroatoms. The van der Waals surface area contributed by atoms with Crippen molar-refractivity contribution >= 4 is 27.3 Å². The molecule has 0 bridgehead atoms. The van der Waals surface area contributed by atoms with Crippen LogP contribution in [0.25, 0.3) is 0 Å². The largest absolute Gasteiger partial charge is 0.322 e. The van der Waals surface area contributed by atoms with E-state index in [1.807, 2.05) is 0 Å². The summed E-state index contributed by atoms with van der Waals surface area (Å²) in [5.41, 5.74) is 2.76. The van der Waals surface area contributed by atoms with Crippen molar-refractivity contribution in [3.8, 4) is 0 Å². The highest BCUT2D eigenvalue weighted by molar-refractivity contribution is 7.92. The molecule has 1 heterocycles. The SMILES string of the molecule is CC(C(=O)Nc1cccc(NS(C)(=O)=O)c1)=C1CNC1. The number of anilines is 2. The summed E-state index contributed by atoms with van der Waals surface area (Å²) in [7, 11) is -3.33. The quantitative estimate of drug-likeness (QED) is 0.721. The van der Waals surface area contributed by atoms with Crippen LogP contribution >= 0.6 is 0 Å². The number of nitrogens with one attached hydrogen (secondary N) is 3. The Labute approximate surface area is 118 Å². The Morgan fingerprint density at radius 1 is 1.25 bits per heavy atom. The van der Waals surface area contributed by atoms with Gasteiger partial charge < -0.3 is 10.6 Å². The second kappa shape index (κ2) is 5.64. The van der Waals surface area contributed by atoms with Crippen LogP contribution in [0.2, 0.25) is 0 Å². The Morgan fingerprint density at radius 3 is 2.45 bits per heavy atom. The Bertz CT molecular complexity index is 659. The Hall–Kier alpha value is -1.86. The maximum atomic E-state index is 12.0. The Balaban J connectivity index is 2.10. The lowest BCUT2D eigenvalue weighted by Crippen LogP contribution is -2.36. The summed E-state index contributed by atoms with van der Waals surface area (Å²) >= 11 is 0. The Kier molecular flexibility index (Phi) is 4.10. The fraction of sp³-hybridized carbons (Fsp3) is 0.308. The molecule has 20 heavy (non-hydrogen) atoms. The van der Waals surface area contributed by atoms with E-state index in [1.165, 1.54) is 0 Å². The first kappa shape index (κ1) is 14.5. The molecule has 108 valence electrons. The average Bonchev–Trinajstić information content (AvgIpc) is 2.24. The van der Waals surface area contributed by atoms with Gasteiger partial charge in [0.25, 0.3) is 5.91 Å². The molecule has 6 nitrogen and oxygen atoms in total. The lowest BCUT2D eigenvalue weighted by Gasteiger charge is -2.21. The van der Waals surface area contributed by atoms with Gasteiger partial charge in [0.1, 0.15) is 0 Å². The first-order valence-electron chi connectivity index (χ1n) is 6.14. The molecular weight excluding hydrogens is 278 g/mol. The second-order valence-electron chi connectivity index (χ2n) is 4.74. The van der Waals surface area contributed by atoms with E-state index in [0.717, 1.165) is 24.9 Å². The molecule has 2 rings (SSSR count). The molecule has 1 amide bonds. The molecule has 1 aromatic carbocycles. The maximum absolute atomic E-state index is 12.0. The summed E-state index contributed by atoms with van der Waals surface area (Å²) in [4.78, 5) is 12.0. The molecule has 0 spiro atoms. The smallest absolute Gasteiger partial charge is 0.251 e. The summed E-state index contributed by atoms with van der Waals surface area (Å²) < 4.78 is 24.7. The molecule has 0 atom stereocenters. The number of hydrogen-bond donors (Lipinski definition) is 3. The van der Waals surface area contributed by atoms with Crippen LogP contribution in [0.4, 0.5) is 11.4 Å². The van der Waals surface area contributed by atoms with Crippen molar-refractivity contribution in [1.29, 1.82) is 0 Å². The van der Waals surface area contributed by atoms with Crippen molar-refractivity contribution in [2.45, 2.75) is 6.92 Å². The molecule has 3 N–H and O–H groups in total. The average molecular weight is 295 g/mol. The first-order chi connectivity index (χ1) is 9.35. The van der Waals surface area contributed by atoms with Gasteiger partial charge in [0.2, 0.25) is 10.0 Å². The van der Waals surface area contributed by atoms with E-state index in [-0.39, 0.29) is 5.91 Å². The molecule has 1 aliphatic rings. The zero-order chi connectivity index (χ0) is 14.8. The molecule has 1 aliphatic heterocycles. The first-order valence-corrected chi connectivity index (χ1v) is 8.03. The summed E-state index contributed by atoms with van der Waals surface area (Å²) in [5.74, 6) is -0.169. The number of rotatable bonds is 4. The topological polar surface area (TPSA) is 87.3 Å². The number of sulfonamides is 1. The van der Waals surface area contributed by atoms with Crippen molar-refractivity contribution < 1.29 is 13.2 Å². The standard InChI is InChI=1S/C13H17N3O3S/c1-9(10-7-14-8-10)13(17)15-11-4-3-5-12(6-11)16-20(2,18)19/h3-6,14,16H,7-8H2,1-2H3,(H,15,17). The van der Waals surface area contributed by atoms with Crippen molar-refractivity contribution in [2.24, 2.45) is 0 Å².